The van der Waals surface area contributed by atoms with E-state index in [0.29, 0.717) is 12.1 Å². The van der Waals surface area contributed by atoms with E-state index in [1.54, 1.807) is 30.3 Å². The van der Waals surface area contributed by atoms with Gasteiger partial charge in [-0.2, -0.15) is 0 Å². The van der Waals surface area contributed by atoms with E-state index in [1.165, 1.54) is 11.6 Å². The summed E-state index contributed by atoms with van der Waals surface area (Å²) in [6.07, 6.45) is 1.65. The Morgan fingerprint density at radius 2 is 1.45 bits per heavy atom. The second kappa shape index (κ2) is 10.9. The molecule has 0 aliphatic heterocycles. The van der Waals surface area contributed by atoms with Crippen molar-refractivity contribution in [3.63, 3.8) is 0 Å². The van der Waals surface area contributed by atoms with E-state index in [2.05, 4.69) is 5.32 Å². The van der Waals surface area contributed by atoms with E-state index in [-0.39, 0.29) is 22.8 Å². The second-order valence-electron chi connectivity index (χ2n) is 7.26. The fourth-order valence-corrected chi connectivity index (χ4v) is 3.14. The van der Waals surface area contributed by atoms with Gasteiger partial charge in [0.25, 0.3) is 5.91 Å². The van der Waals surface area contributed by atoms with Crippen LogP contribution in [0.3, 0.4) is 0 Å². The Balaban J connectivity index is 1.51. The molecule has 0 fully saturated rings. The van der Waals surface area contributed by atoms with E-state index in [0.717, 1.165) is 18.4 Å². The van der Waals surface area contributed by atoms with Crippen molar-refractivity contribution in [2.75, 3.05) is 13.2 Å². The molecule has 158 valence electrons. The molecule has 31 heavy (non-hydrogen) atoms. The Bertz CT molecular complexity index is 1040. The first-order valence-corrected chi connectivity index (χ1v) is 10.2. The minimum absolute atomic E-state index is 0.143. The van der Waals surface area contributed by atoms with Crippen molar-refractivity contribution < 1.29 is 19.1 Å². The van der Waals surface area contributed by atoms with Gasteiger partial charge >= 0.3 is 5.97 Å². The normalized spacial score (nSPS) is 10.4. The standard InChI is InChI=1S/C26H25NO4/c1-19-13-15-21(16-14-19)25(29)22-11-5-6-12-23(22)26(30)31-18-24(28)27-17-7-10-20-8-3-2-4-9-20/h2-6,8-9,11-16H,7,10,17-18H2,1H3,(H,27,28). The minimum Gasteiger partial charge on any atom is -0.452 e. The highest BCUT2D eigenvalue weighted by Gasteiger charge is 2.19. The van der Waals surface area contributed by atoms with E-state index in [1.807, 2.05) is 49.4 Å². The van der Waals surface area contributed by atoms with Gasteiger partial charge in [-0.3, -0.25) is 9.59 Å². The van der Waals surface area contributed by atoms with Gasteiger partial charge in [0.2, 0.25) is 0 Å². The van der Waals surface area contributed by atoms with Gasteiger partial charge in [0, 0.05) is 17.7 Å². The molecular formula is C26H25NO4. The first-order valence-electron chi connectivity index (χ1n) is 10.2. The Morgan fingerprint density at radius 1 is 0.806 bits per heavy atom. The van der Waals surface area contributed by atoms with Crippen LogP contribution < -0.4 is 5.32 Å². The summed E-state index contributed by atoms with van der Waals surface area (Å²) in [5.74, 6) is -1.34. The zero-order valence-corrected chi connectivity index (χ0v) is 17.5. The van der Waals surface area contributed by atoms with Crippen molar-refractivity contribution in [3.8, 4) is 0 Å². The number of hydrogen-bond acceptors (Lipinski definition) is 4. The molecule has 3 aromatic rings. The molecule has 3 aromatic carbocycles. The molecule has 0 saturated carbocycles. The Labute approximate surface area is 182 Å². The number of benzene rings is 3. The van der Waals surface area contributed by atoms with Crippen LogP contribution in [0.4, 0.5) is 0 Å². The summed E-state index contributed by atoms with van der Waals surface area (Å²) < 4.78 is 5.15. The summed E-state index contributed by atoms with van der Waals surface area (Å²) in [5, 5.41) is 2.75. The SMILES string of the molecule is Cc1ccc(C(=O)c2ccccc2C(=O)OCC(=O)NCCCc2ccccc2)cc1. The number of hydrogen-bond donors (Lipinski definition) is 1. The Hall–Kier alpha value is -3.73. The molecule has 0 aliphatic carbocycles. The van der Waals surface area contributed by atoms with Gasteiger partial charge in [-0.05, 0) is 31.4 Å². The highest BCUT2D eigenvalue weighted by atomic mass is 16.5. The molecule has 0 aromatic heterocycles. The maximum Gasteiger partial charge on any atom is 0.339 e. The Morgan fingerprint density at radius 3 is 2.16 bits per heavy atom. The molecule has 0 saturated heterocycles. The van der Waals surface area contributed by atoms with Crippen LogP contribution in [0.1, 0.15) is 43.8 Å². The van der Waals surface area contributed by atoms with Crippen molar-refractivity contribution in [1.29, 1.82) is 0 Å². The van der Waals surface area contributed by atoms with Crippen LogP contribution in [0.2, 0.25) is 0 Å². The monoisotopic (exact) mass is 415 g/mol. The van der Waals surface area contributed by atoms with Gasteiger partial charge in [-0.15, -0.1) is 0 Å². The minimum atomic E-state index is -0.699. The summed E-state index contributed by atoms with van der Waals surface area (Å²) >= 11 is 0. The number of carbonyl (C=O) groups excluding carboxylic acids is 3. The number of esters is 1. The third kappa shape index (κ3) is 6.37. The van der Waals surface area contributed by atoms with Crippen LogP contribution in [-0.2, 0) is 16.0 Å². The van der Waals surface area contributed by atoms with E-state index in [4.69, 9.17) is 4.74 Å². The molecule has 3 rings (SSSR count). The maximum absolute atomic E-state index is 12.8. The summed E-state index contributed by atoms with van der Waals surface area (Å²) in [6, 6.07) is 23.6. The van der Waals surface area contributed by atoms with Gasteiger partial charge in [0.1, 0.15) is 0 Å². The van der Waals surface area contributed by atoms with Gasteiger partial charge in [-0.1, -0.05) is 78.4 Å². The molecule has 1 N–H and O–H groups in total. The number of nitrogens with one attached hydrogen (secondary N) is 1. The smallest absolute Gasteiger partial charge is 0.339 e. The van der Waals surface area contributed by atoms with Crippen molar-refractivity contribution in [2.45, 2.75) is 19.8 Å². The molecule has 0 unspecified atom stereocenters. The average molecular weight is 415 g/mol. The van der Waals surface area contributed by atoms with Crippen molar-refractivity contribution >= 4 is 17.7 Å². The quantitative estimate of drug-likeness (QED) is 0.324. The summed E-state index contributed by atoms with van der Waals surface area (Å²) in [4.78, 5) is 37.4. The van der Waals surface area contributed by atoms with Crippen LogP contribution >= 0.6 is 0 Å². The zero-order chi connectivity index (χ0) is 22.1. The number of carbonyl (C=O) groups is 3. The molecule has 0 spiro atoms. The predicted octanol–water partition coefficient (Wildman–Crippen LogP) is 4.13. The van der Waals surface area contributed by atoms with Crippen LogP contribution in [0.25, 0.3) is 0 Å². The number of ether oxygens (including phenoxy) is 1. The van der Waals surface area contributed by atoms with Crippen LogP contribution in [0, 0.1) is 6.92 Å². The Kier molecular flexibility index (Phi) is 7.71. The van der Waals surface area contributed by atoms with E-state index >= 15 is 0 Å². The average Bonchev–Trinajstić information content (AvgIpc) is 2.81. The first-order chi connectivity index (χ1) is 15.0. The van der Waals surface area contributed by atoms with Gasteiger partial charge in [0.15, 0.2) is 12.4 Å². The summed E-state index contributed by atoms with van der Waals surface area (Å²) in [7, 11) is 0. The van der Waals surface area contributed by atoms with E-state index < -0.39 is 12.6 Å². The second-order valence-corrected chi connectivity index (χ2v) is 7.26. The molecule has 5 nitrogen and oxygen atoms in total. The lowest BCUT2D eigenvalue weighted by atomic mass is 9.98. The van der Waals surface area contributed by atoms with Gasteiger partial charge in [0.05, 0.1) is 5.56 Å². The molecule has 0 radical (unpaired) electrons. The number of aryl methyl sites for hydroxylation is 2. The molecule has 1 amide bonds. The summed E-state index contributed by atoms with van der Waals surface area (Å²) in [5.41, 5.74) is 3.13. The predicted molar refractivity (Wildman–Crippen MR) is 119 cm³/mol. The maximum atomic E-state index is 12.8. The van der Waals surface area contributed by atoms with Gasteiger partial charge in [-0.25, -0.2) is 4.79 Å². The highest BCUT2D eigenvalue weighted by Crippen LogP contribution is 2.16. The lowest BCUT2D eigenvalue weighted by Gasteiger charge is -2.10. The third-order valence-electron chi connectivity index (χ3n) is 4.85. The van der Waals surface area contributed by atoms with E-state index in [9.17, 15) is 14.4 Å². The van der Waals surface area contributed by atoms with Crippen LogP contribution in [-0.4, -0.2) is 30.8 Å². The van der Waals surface area contributed by atoms with Crippen molar-refractivity contribution in [1.82, 2.24) is 5.32 Å². The molecule has 0 atom stereocenters. The lowest BCUT2D eigenvalue weighted by molar-refractivity contribution is -0.124. The highest BCUT2D eigenvalue weighted by molar-refractivity contribution is 6.14. The number of amides is 1. The number of ketones is 1. The topological polar surface area (TPSA) is 72.5 Å². The van der Waals surface area contributed by atoms with Crippen molar-refractivity contribution in [3.05, 3.63) is 107 Å². The molecule has 0 aliphatic rings. The third-order valence-corrected chi connectivity index (χ3v) is 4.85. The fourth-order valence-electron chi connectivity index (χ4n) is 3.14. The fraction of sp³-hybridized carbons (Fsp3) is 0.192. The number of rotatable bonds is 9. The van der Waals surface area contributed by atoms with Crippen LogP contribution in [0.5, 0.6) is 0 Å². The summed E-state index contributed by atoms with van der Waals surface area (Å²) in [6.45, 7) is 2.04. The van der Waals surface area contributed by atoms with Gasteiger partial charge < -0.3 is 10.1 Å². The molecule has 0 heterocycles. The zero-order valence-electron chi connectivity index (χ0n) is 17.5. The van der Waals surface area contributed by atoms with Crippen LogP contribution in [0.15, 0.2) is 78.9 Å². The molecule has 0 bridgehead atoms. The lowest BCUT2D eigenvalue weighted by Crippen LogP contribution is -2.30. The molecule has 5 heteroatoms. The largest absolute Gasteiger partial charge is 0.452 e. The van der Waals surface area contributed by atoms with Crippen molar-refractivity contribution in [2.24, 2.45) is 0 Å². The first kappa shape index (κ1) is 22.0. The molecular weight excluding hydrogens is 390 g/mol.